The molecule has 6 amide bonds. The number of quaternary nitrogens is 1. The Labute approximate surface area is 327 Å². The monoisotopic (exact) mass is 793 g/mol. The van der Waals surface area contributed by atoms with Crippen molar-refractivity contribution < 1.29 is 48.0 Å². The molecule has 2 aromatic rings. The van der Waals surface area contributed by atoms with E-state index in [0.29, 0.717) is 28.6 Å². The predicted molar refractivity (Wildman–Crippen MR) is 204 cm³/mol. The van der Waals surface area contributed by atoms with Gasteiger partial charge in [0.1, 0.15) is 41.7 Å². The van der Waals surface area contributed by atoms with Gasteiger partial charge in [-0.15, -0.1) is 0 Å². The molecule has 2 rings (SSSR count). The molecule has 0 fully saturated rings. The maximum absolute atomic E-state index is 13.9. The summed E-state index contributed by atoms with van der Waals surface area (Å²) in [4.78, 5) is 79.8. The number of halogens is 1. The number of phenols is 1. The van der Waals surface area contributed by atoms with Crippen molar-refractivity contribution >= 4 is 47.0 Å². The second kappa shape index (κ2) is 21.4. The van der Waals surface area contributed by atoms with Crippen LogP contribution in [0.2, 0.25) is 5.02 Å². The number of benzene rings is 1. The first-order chi connectivity index (χ1) is 25.7. The topological polar surface area (TPSA) is 255 Å². The van der Waals surface area contributed by atoms with Crippen LogP contribution in [0, 0.1) is 18.8 Å². The van der Waals surface area contributed by atoms with Crippen LogP contribution in [-0.4, -0.2) is 120 Å². The van der Waals surface area contributed by atoms with Crippen LogP contribution in [0.25, 0.3) is 0 Å². The van der Waals surface area contributed by atoms with E-state index in [1.165, 1.54) is 24.3 Å². The first-order valence-corrected chi connectivity index (χ1v) is 18.7. The van der Waals surface area contributed by atoms with E-state index in [-0.39, 0.29) is 29.3 Å². The quantitative estimate of drug-likeness (QED) is 0.0611. The number of aryl methyl sites for hydroxylation is 1. The fourth-order valence-corrected chi connectivity index (χ4v) is 5.71. The molecule has 0 aliphatic carbocycles. The van der Waals surface area contributed by atoms with E-state index in [1.54, 1.807) is 27.7 Å². The SMILES string of the molecule is CC[C@H](C)C(NC(=O)[C@@H](NC(=O)[C@H](Cc1ccc(O)c(Cl)c1)NC(=O)c1cc(C)on1)C(C)C)C(=O)N[C@@H](CCCC[N+](C)(C)C)C(=O)N[C@@H](CO)C(N)=O. The molecule has 0 bridgehead atoms. The van der Waals surface area contributed by atoms with Gasteiger partial charge in [-0.3, -0.25) is 28.8 Å². The highest BCUT2D eigenvalue weighted by Crippen LogP contribution is 2.24. The Morgan fingerprint density at radius 3 is 1.98 bits per heavy atom. The predicted octanol–water partition coefficient (Wildman–Crippen LogP) is 0.679. The first-order valence-electron chi connectivity index (χ1n) is 18.3. The second-order valence-electron chi connectivity index (χ2n) is 15.2. The van der Waals surface area contributed by atoms with E-state index in [9.17, 15) is 39.0 Å². The number of carbonyl (C=O) groups is 6. The van der Waals surface area contributed by atoms with Gasteiger partial charge in [0, 0.05) is 12.5 Å². The minimum atomic E-state index is -1.36. The molecular weight excluding hydrogens is 736 g/mol. The van der Waals surface area contributed by atoms with E-state index < -0.39 is 84.1 Å². The summed E-state index contributed by atoms with van der Waals surface area (Å²) in [5, 5.41) is 36.4. The van der Waals surface area contributed by atoms with E-state index in [0.717, 1.165) is 13.0 Å². The molecule has 1 unspecified atom stereocenters. The van der Waals surface area contributed by atoms with Gasteiger partial charge in [-0.05, 0) is 55.7 Å². The summed E-state index contributed by atoms with van der Waals surface area (Å²) in [6.07, 6.45) is 1.84. The van der Waals surface area contributed by atoms with Crippen LogP contribution in [0.15, 0.2) is 28.8 Å². The lowest BCUT2D eigenvalue weighted by molar-refractivity contribution is -0.870. The Hall–Kier alpha value is -4.74. The number of unbranched alkanes of at least 4 members (excludes halogenated alkanes) is 1. The number of hydrogen-bond acceptors (Lipinski definition) is 10. The van der Waals surface area contributed by atoms with Crippen LogP contribution in [0.5, 0.6) is 5.75 Å². The molecule has 0 spiro atoms. The number of carbonyl (C=O) groups excluding carboxylic acids is 6. The van der Waals surface area contributed by atoms with Crippen LogP contribution >= 0.6 is 11.6 Å². The second-order valence-corrected chi connectivity index (χ2v) is 15.6. The van der Waals surface area contributed by atoms with Crippen LogP contribution < -0.4 is 32.3 Å². The summed E-state index contributed by atoms with van der Waals surface area (Å²) >= 11 is 6.10. The minimum absolute atomic E-state index is 0.0360. The van der Waals surface area contributed by atoms with Gasteiger partial charge in [-0.2, -0.15) is 0 Å². The third-order valence-corrected chi connectivity index (χ3v) is 9.32. The molecule has 1 heterocycles. The van der Waals surface area contributed by atoms with Crippen molar-refractivity contribution in [3.63, 3.8) is 0 Å². The third kappa shape index (κ3) is 15.1. The molecule has 0 radical (unpaired) electrons. The molecule has 1 aromatic heterocycles. The summed E-state index contributed by atoms with van der Waals surface area (Å²) in [5.41, 5.74) is 5.74. The zero-order valence-corrected chi connectivity index (χ0v) is 33.7. The largest absolute Gasteiger partial charge is 0.506 e. The number of nitrogens with zero attached hydrogens (tertiary/aromatic N) is 2. The fraction of sp³-hybridized carbons (Fsp3) is 0.595. The number of primary amides is 1. The maximum atomic E-state index is 13.9. The van der Waals surface area contributed by atoms with Crippen molar-refractivity contribution in [3.8, 4) is 5.75 Å². The highest BCUT2D eigenvalue weighted by atomic mass is 35.5. The van der Waals surface area contributed by atoms with Crippen LogP contribution in [0.4, 0.5) is 0 Å². The van der Waals surface area contributed by atoms with Crippen molar-refractivity contribution in [1.82, 2.24) is 31.7 Å². The van der Waals surface area contributed by atoms with Gasteiger partial charge < -0.3 is 51.5 Å². The molecule has 17 nitrogen and oxygen atoms in total. The number of aliphatic hydroxyl groups excluding tert-OH is 1. The Bertz CT molecular complexity index is 1640. The summed E-state index contributed by atoms with van der Waals surface area (Å²) in [7, 11) is 6.08. The average Bonchev–Trinajstić information content (AvgIpc) is 3.55. The Balaban J connectivity index is 2.33. The highest BCUT2D eigenvalue weighted by molar-refractivity contribution is 6.32. The van der Waals surface area contributed by atoms with Crippen molar-refractivity contribution in [2.75, 3.05) is 34.3 Å². The Morgan fingerprint density at radius 2 is 1.45 bits per heavy atom. The van der Waals surface area contributed by atoms with Crippen molar-refractivity contribution in [2.24, 2.45) is 17.6 Å². The van der Waals surface area contributed by atoms with Gasteiger partial charge in [0.15, 0.2) is 5.69 Å². The lowest BCUT2D eigenvalue weighted by Gasteiger charge is -2.30. The molecular formula is C37H58ClN8O9+. The standard InChI is InChI=1S/C37H57ClN8O9/c1-9-21(4)31(37(54)40-25(12-10-11-15-46(6,7)8)33(50)42-28(19-47)32(39)49)44-36(53)30(20(2)3)43-34(51)26(18-23-13-14-29(48)24(38)17-23)41-35(52)27-16-22(5)55-45-27/h13-14,16-17,20-21,25-26,28,30-31,47H,9-12,15,18-19H2,1-8H3,(H7-,39,40,41,42,43,44,48,49,50,51,52,53,54)/p+1/t21-,25-,26-,28-,30-,31?/m0/s1. The lowest BCUT2D eigenvalue weighted by Crippen LogP contribution is -2.61. The van der Waals surface area contributed by atoms with Crippen molar-refractivity contribution in [1.29, 1.82) is 0 Å². The molecule has 0 aliphatic heterocycles. The number of nitrogens with two attached hydrogens (primary N) is 1. The number of aromatic hydroxyl groups is 1. The van der Waals surface area contributed by atoms with Gasteiger partial charge in [0.2, 0.25) is 29.5 Å². The molecule has 55 heavy (non-hydrogen) atoms. The minimum Gasteiger partial charge on any atom is -0.506 e. The van der Waals surface area contributed by atoms with Gasteiger partial charge >= 0.3 is 0 Å². The number of aliphatic hydroxyl groups is 1. The third-order valence-electron chi connectivity index (χ3n) is 9.02. The zero-order chi connectivity index (χ0) is 41.6. The van der Waals surface area contributed by atoms with Gasteiger partial charge in [0.25, 0.3) is 5.91 Å². The summed E-state index contributed by atoms with van der Waals surface area (Å²) < 4.78 is 5.69. The van der Waals surface area contributed by atoms with E-state index >= 15 is 0 Å². The number of hydrogen-bond donors (Lipinski definition) is 8. The molecule has 306 valence electrons. The van der Waals surface area contributed by atoms with Crippen LogP contribution in [0.1, 0.15) is 75.2 Å². The molecule has 1 aromatic carbocycles. The van der Waals surface area contributed by atoms with Gasteiger partial charge in [0.05, 0.1) is 39.3 Å². The van der Waals surface area contributed by atoms with Crippen LogP contribution in [-0.2, 0) is 30.4 Å². The smallest absolute Gasteiger partial charge is 0.274 e. The first kappa shape index (κ1) is 46.4. The maximum Gasteiger partial charge on any atom is 0.274 e. The molecule has 9 N–H and O–H groups in total. The molecule has 6 atom stereocenters. The van der Waals surface area contributed by atoms with Crippen LogP contribution in [0.3, 0.4) is 0 Å². The normalized spacial score (nSPS) is 14.8. The summed E-state index contributed by atoms with van der Waals surface area (Å²) in [6, 6.07) is -0.330. The van der Waals surface area contributed by atoms with Gasteiger partial charge in [-0.25, -0.2) is 0 Å². The fourth-order valence-electron chi connectivity index (χ4n) is 5.51. The number of aromatic nitrogens is 1. The lowest BCUT2D eigenvalue weighted by atomic mass is 9.95. The van der Waals surface area contributed by atoms with E-state index in [2.05, 4.69) is 31.7 Å². The van der Waals surface area contributed by atoms with E-state index in [1.807, 2.05) is 28.1 Å². The summed E-state index contributed by atoms with van der Waals surface area (Å²) in [6.45, 7) is 8.63. The molecule has 0 saturated heterocycles. The Morgan fingerprint density at radius 1 is 0.855 bits per heavy atom. The number of amides is 6. The molecule has 0 aliphatic rings. The van der Waals surface area contributed by atoms with Crippen molar-refractivity contribution in [2.45, 2.75) is 96.9 Å². The van der Waals surface area contributed by atoms with E-state index in [4.69, 9.17) is 21.9 Å². The van der Waals surface area contributed by atoms with Crippen molar-refractivity contribution in [3.05, 3.63) is 46.3 Å². The summed E-state index contributed by atoms with van der Waals surface area (Å²) in [5.74, 6) is -5.18. The number of rotatable bonds is 22. The average molecular weight is 794 g/mol. The van der Waals surface area contributed by atoms with Gasteiger partial charge in [-0.1, -0.05) is 56.9 Å². The highest BCUT2D eigenvalue weighted by Gasteiger charge is 2.35. The number of phenolic OH excluding ortho intramolecular Hbond substituents is 1. The number of nitrogens with one attached hydrogen (secondary N) is 5. The molecule has 0 saturated carbocycles. The Kier molecular flexibility index (Phi) is 18.0. The molecule has 18 heteroatoms. The zero-order valence-electron chi connectivity index (χ0n) is 32.9.